The van der Waals surface area contributed by atoms with E-state index in [1.54, 1.807) is 25.1 Å². The van der Waals surface area contributed by atoms with Crippen LogP contribution in [-0.4, -0.2) is 23.5 Å². The summed E-state index contributed by atoms with van der Waals surface area (Å²) in [6.45, 7) is 1.82. The van der Waals surface area contributed by atoms with Crippen molar-refractivity contribution in [3.05, 3.63) is 45.6 Å². The van der Waals surface area contributed by atoms with Gasteiger partial charge in [-0.1, -0.05) is 6.07 Å². The second kappa shape index (κ2) is 7.09. The molecule has 1 saturated carbocycles. The molecule has 6 nitrogen and oxygen atoms in total. The number of benzene rings is 1. The maximum atomic E-state index is 13.5. The van der Waals surface area contributed by atoms with E-state index in [9.17, 15) is 18.4 Å². The lowest BCUT2D eigenvalue weighted by atomic mass is 9.82. The normalized spacial score (nSPS) is 16.9. The van der Waals surface area contributed by atoms with Crippen molar-refractivity contribution in [2.75, 3.05) is 12.3 Å². The van der Waals surface area contributed by atoms with Crippen LogP contribution in [0.3, 0.4) is 0 Å². The summed E-state index contributed by atoms with van der Waals surface area (Å²) in [5.41, 5.74) is 6.63. The molecule has 1 aliphatic carbocycles. The highest BCUT2D eigenvalue weighted by molar-refractivity contribution is 5.99. The molecule has 0 unspecified atom stereocenters. The predicted octanol–water partition coefficient (Wildman–Crippen LogP) is 4.39. The number of nitrogens with zero attached hydrogens (tertiary/aromatic N) is 1. The molecule has 0 radical (unpaired) electrons. The predicted molar refractivity (Wildman–Crippen MR) is 104 cm³/mol. The fourth-order valence-corrected chi connectivity index (χ4v) is 3.81. The van der Waals surface area contributed by atoms with Crippen molar-refractivity contribution in [1.82, 2.24) is 4.98 Å². The maximum absolute atomic E-state index is 13.5. The van der Waals surface area contributed by atoms with Crippen LogP contribution in [-0.2, 0) is 4.74 Å². The minimum Gasteiger partial charge on any atom is -0.462 e. The smallest absolute Gasteiger partial charge is 0.341 e. The molecule has 8 heteroatoms. The van der Waals surface area contributed by atoms with E-state index in [4.69, 9.17) is 14.9 Å². The van der Waals surface area contributed by atoms with Crippen LogP contribution in [0, 0.1) is 0 Å². The first-order chi connectivity index (χ1) is 13.8. The van der Waals surface area contributed by atoms with E-state index in [1.807, 2.05) is 0 Å². The van der Waals surface area contributed by atoms with Gasteiger partial charge in [0.25, 0.3) is 0 Å². The van der Waals surface area contributed by atoms with Crippen molar-refractivity contribution in [1.29, 1.82) is 0 Å². The second-order valence-corrected chi connectivity index (χ2v) is 7.31. The van der Waals surface area contributed by atoms with Crippen molar-refractivity contribution >= 4 is 33.9 Å². The fourth-order valence-electron chi connectivity index (χ4n) is 3.81. The van der Waals surface area contributed by atoms with Gasteiger partial charge in [-0.2, -0.15) is 4.98 Å². The largest absolute Gasteiger partial charge is 0.462 e. The number of nitrogen functional groups attached to an aromatic ring is 1. The monoisotopic (exact) mass is 402 g/mol. The number of halogens is 2. The number of fused-ring (bicyclic) bond motifs is 2. The summed E-state index contributed by atoms with van der Waals surface area (Å²) in [5.74, 6) is -3.40. The van der Waals surface area contributed by atoms with E-state index in [-0.39, 0.29) is 53.3 Å². The van der Waals surface area contributed by atoms with Crippen LogP contribution in [0.5, 0.6) is 0 Å². The molecular weight excluding hydrogens is 382 g/mol. The topological polar surface area (TPSA) is 95.4 Å². The summed E-state index contributed by atoms with van der Waals surface area (Å²) >= 11 is 0. The molecule has 2 heterocycles. The van der Waals surface area contributed by atoms with Crippen LogP contribution in [0.4, 0.5) is 14.6 Å². The standard InChI is InChI=1S/C21H20F2N2O4/c1-2-28-20(27)15-10-14-17(26)13-9-12(11-5-7-21(22,23)8-6-11)3-4-16(13)29-19(14)25-18(15)24/h3-4,9-11H,2,5-8H2,1H3,(H2,24,25). The third-order valence-electron chi connectivity index (χ3n) is 5.40. The molecule has 2 N–H and O–H groups in total. The lowest BCUT2D eigenvalue weighted by Crippen LogP contribution is -2.23. The Bertz CT molecular complexity index is 1160. The van der Waals surface area contributed by atoms with Crippen LogP contribution in [0.1, 0.15) is 54.4 Å². The van der Waals surface area contributed by atoms with Crippen LogP contribution >= 0.6 is 0 Å². The van der Waals surface area contributed by atoms with E-state index in [0.717, 1.165) is 5.56 Å². The summed E-state index contributed by atoms with van der Waals surface area (Å²) in [6.07, 6.45) is 0.410. The molecule has 0 atom stereocenters. The molecule has 0 spiro atoms. The molecule has 152 valence electrons. The lowest BCUT2D eigenvalue weighted by Gasteiger charge is -2.28. The Kier molecular flexibility index (Phi) is 4.72. The van der Waals surface area contributed by atoms with E-state index in [0.29, 0.717) is 23.8 Å². The molecule has 2 aromatic heterocycles. The number of anilines is 1. The zero-order chi connectivity index (χ0) is 20.8. The van der Waals surface area contributed by atoms with Gasteiger partial charge in [0.15, 0.2) is 0 Å². The van der Waals surface area contributed by atoms with Crippen molar-refractivity contribution in [2.45, 2.75) is 44.4 Å². The molecular formula is C21H20F2N2O4. The molecule has 3 aromatic rings. The minimum absolute atomic E-state index is 0.00309. The quantitative estimate of drug-likeness (QED) is 0.516. The average molecular weight is 402 g/mol. The van der Waals surface area contributed by atoms with Crippen LogP contribution < -0.4 is 11.2 Å². The van der Waals surface area contributed by atoms with Crippen molar-refractivity contribution in [2.24, 2.45) is 0 Å². The Morgan fingerprint density at radius 3 is 2.69 bits per heavy atom. The Morgan fingerprint density at radius 1 is 1.28 bits per heavy atom. The molecule has 0 saturated heterocycles. The van der Waals surface area contributed by atoms with E-state index in [2.05, 4.69) is 4.98 Å². The molecule has 1 aromatic carbocycles. The van der Waals surface area contributed by atoms with Crippen LogP contribution in [0.25, 0.3) is 22.1 Å². The Labute approximate surface area is 164 Å². The maximum Gasteiger partial charge on any atom is 0.341 e. The summed E-state index contributed by atoms with van der Waals surface area (Å²) in [6, 6.07) is 6.46. The first-order valence-electron chi connectivity index (χ1n) is 9.51. The number of nitrogens with two attached hydrogens (primary N) is 1. The van der Waals surface area contributed by atoms with Crippen LogP contribution in [0.2, 0.25) is 0 Å². The van der Waals surface area contributed by atoms with Gasteiger partial charge in [-0.3, -0.25) is 4.79 Å². The number of ether oxygens (including phenoxy) is 1. The molecule has 4 rings (SSSR count). The van der Waals surface area contributed by atoms with Crippen molar-refractivity contribution < 1.29 is 22.7 Å². The summed E-state index contributed by atoms with van der Waals surface area (Å²) in [7, 11) is 0. The first-order valence-corrected chi connectivity index (χ1v) is 9.51. The van der Waals surface area contributed by atoms with Gasteiger partial charge in [-0.25, -0.2) is 13.6 Å². The van der Waals surface area contributed by atoms with Gasteiger partial charge in [0.05, 0.1) is 17.4 Å². The number of rotatable bonds is 3. The number of esters is 1. The van der Waals surface area contributed by atoms with Crippen LogP contribution in [0.15, 0.2) is 33.5 Å². The number of alkyl halides is 2. The highest BCUT2D eigenvalue weighted by Gasteiger charge is 2.35. The summed E-state index contributed by atoms with van der Waals surface area (Å²) in [5, 5.41) is 0.427. The molecule has 1 aliphatic rings. The van der Waals surface area contributed by atoms with Gasteiger partial charge >= 0.3 is 5.97 Å². The van der Waals surface area contributed by atoms with E-state index in [1.165, 1.54) is 6.07 Å². The lowest BCUT2D eigenvalue weighted by molar-refractivity contribution is -0.0382. The number of hydrogen-bond donors (Lipinski definition) is 1. The summed E-state index contributed by atoms with van der Waals surface area (Å²) < 4.78 is 37.6. The van der Waals surface area contributed by atoms with Gasteiger partial charge in [0.2, 0.25) is 17.1 Å². The van der Waals surface area contributed by atoms with Crippen molar-refractivity contribution in [3.8, 4) is 0 Å². The minimum atomic E-state index is -2.61. The Hall–Kier alpha value is -3.03. The first kappa shape index (κ1) is 19.3. The highest BCUT2D eigenvalue weighted by atomic mass is 19.3. The number of pyridine rings is 1. The van der Waals surface area contributed by atoms with Gasteiger partial charge in [0, 0.05) is 12.8 Å². The van der Waals surface area contributed by atoms with Crippen molar-refractivity contribution in [3.63, 3.8) is 0 Å². The number of hydrogen-bond acceptors (Lipinski definition) is 6. The second-order valence-electron chi connectivity index (χ2n) is 7.31. The Balaban J connectivity index is 1.81. The number of carbonyl (C=O) groups is 1. The Morgan fingerprint density at radius 2 is 2.00 bits per heavy atom. The molecule has 29 heavy (non-hydrogen) atoms. The van der Waals surface area contributed by atoms with E-state index >= 15 is 0 Å². The number of carbonyl (C=O) groups excluding carboxylic acids is 1. The molecule has 1 fully saturated rings. The zero-order valence-corrected chi connectivity index (χ0v) is 15.8. The van der Waals surface area contributed by atoms with Gasteiger partial charge in [-0.15, -0.1) is 0 Å². The summed E-state index contributed by atoms with van der Waals surface area (Å²) in [4.78, 5) is 29.2. The third kappa shape index (κ3) is 3.54. The zero-order valence-electron chi connectivity index (χ0n) is 15.8. The fraction of sp³-hybridized carbons (Fsp3) is 0.381. The highest BCUT2D eigenvalue weighted by Crippen LogP contribution is 2.41. The molecule has 0 aliphatic heterocycles. The molecule has 0 bridgehead atoms. The SMILES string of the molecule is CCOC(=O)c1cc2c(=O)c3cc(C4CCC(F)(F)CC4)ccc3oc2nc1N. The third-order valence-corrected chi connectivity index (χ3v) is 5.40. The van der Waals surface area contributed by atoms with E-state index < -0.39 is 11.9 Å². The van der Waals surface area contributed by atoms with Gasteiger partial charge < -0.3 is 14.9 Å². The molecule has 0 amide bonds. The van der Waals surface area contributed by atoms with Gasteiger partial charge in [0.1, 0.15) is 17.0 Å². The number of aromatic nitrogens is 1. The average Bonchev–Trinajstić information content (AvgIpc) is 2.68. The van der Waals surface area contributed by atoms with Gasteiger partial charge in [-0.05, 0) is 49.4 Å².